The molecule has 0 unspecified atom stereocenters. The van der Waals surface area contributed by atoms with Crippen molar-refractivity contribution in [3.05, 3.63) is 43.0 Å². The van der Waals surface area contributed by atoms with E-state index in [2.05, 4.69) is 11.1 Å². The highest BCUT2D eigenvalue weighted by Crippen LogP contribution is 2.23. The van der Waals surface area contributed by atoms with Gasteiger partial charge in [0.25, 0.3) is 0 Å². The first-order chi connectivity index (χ1) is 6.45. The number of benzene rings is 1. The average Bonchev–Trinajstić information content (AvgIpc) is 2.65. The van der Waals surface area contributed by atoms with Gasteiger partial charge in [-0.05, 0) is 6.07 Å². The topological polar surface area (TPSA) is 26.0 Å². The quantitative estimate of drug-likeness (QED) is 0.517. The van der Waals surface area contributed by atoms with Crippen molar-refractivity contribution in [3.63, 3.8) is 0 Å². The van der Waals surface area contributed by atoms with E-state index in [9.17, 15) is 0 Å². The maximum atomic E-state index is 5.13. The Hall–Kier alpha value is -1.83. The molecular weight excluding hydrogens is 162 g/mol. The van der Waals surface area contributed by atoms with Gasteiger partial charge >= 0.3 is 0 Å². The maximum absolute atomic E-state index is 5.13. The number of hydrogen-bond acceptors (Lipinski definition) is 2. The fraction of sp³-hybridized carbons (Fsp3) is 0. The standard InChI is InChI=1S/C11H7NO/c1-2-4-11-9(3-1)10-7-13-6-8(10)5-12-11/h1-7H. The first-order valence-corrected chi connectivity index (χ1v) is 4.15. The third-order valence-corrected chi connectivity index (χ3v) is 2.23. The number of pyridine rings is 1. The fourth-order valence-corrected chi connectivity index (χ4v) is 1.58. The van der Waals surface area contributed by atoms with Crippen molar-refractivity contribution in [3.8, 4) is 0 Å². The van der Waals surface area contributed by atoms with Crippen molar-refractivity contribution in [1.29, 1.82) is 0 Å². The molecule has 0 aliphatic rings. The Bertz CT molecular complexity index is 568. The van der Waals surface area contributed by atoms with E-state index < -0.39 is 0 Å². The Labute approximate surface area is 74.8 Å². The summed E-state index contributed by atoms with van der Waals surface area (Å²) in [6, 6.07) is 8.06. The molecule has 0 radical (unpaired) electrons. The second-order valence-corrected chi connectivity index (χ2v) is 3.02. The summed E-state index contributed by atoms with van der Waals surface area (Å²) in [7, 11) is 0. The third-order valence-electron chi connectivity index (χ3n) is 2.23. The summed E-state index contributed by atoms with van der Waals surface area (Å²) < 4.78 is 5.13. The van der Waals surface area contributed by atoms with Gasteiger partial charge in [-0.1, -0.05) is 18.2 Å². The van der Waals surface area contributed by atoms with Gasteiger partial charge in [-0.15, -0.1) is 0 Å². The second kappa shape index (κ2) is 2.33. The molecule has 0 saturated carbocycles. The molecule has 3 rings (SSSR count). The summed E-state index contributed by atoms with van der Waals surface area (Å²) in [5.41, 5.74) is 1.01. The van der Waals surface area contributed by atoms with E-state index in [4.69, 9.17) is 4.42 Å². The molecule has 2 heterocycles. The number of aromatic nitrogens is 1. The lowest BCUT2D eigenvalue weighted by molar-refractivity contribution is 0.572. The SMILES string of the molecule is c1ccc2c(c1)ncc1cocc12. The normalized spacial score (nSPS) is 11.1. The zero-order valence-corrected chi connectivity index (χ0v) is 6.90. The number of fused-ring (bicyclic) bond motifs is 3. The fourth-order valence-electron chi connectivity index (χ4n) is 1.58. The van der Waals surface area contributed by atoms with Crippen LogP contribution in [-0.2, 0) is 0 Å². The number of furan rings is 1. The van der Waals surface area contributed by atoms with E-state index in [0.29, 0.717) is 0 Å². The first-order valence-electron chi connectivity index (χ1n) is 4.15. The van der Waals surface area contributed by atoms with Crippen molar-refractivity contribution < 1.29 is 4.42 Å². The van der Waals surface area contributed by atoms with Crippen molar-refractivity contribution in [2.24, 2.45) is 0 Å². The molecule has 0 fully saturated rings. The maximum Gasteiger partial charge on any atom is 0.0997 e. The lowest BCUT2D eigenvalue weighted by atomic mass is 10.1. The van der Waals surface area contributed by atoms with Crippen LogP contribution in [0.1, 0.15) is 0 Å². The summed E-state index contributed by atoms with van der Waals surface area (Å²) >= 11 is 0. The molecule has 0 spiro atoms. The van der Waals surface area contributed by atoms with E-state index >= 15 is 0 Å². The number of nitrogens with zero attached hydrogens (tertiary/aromatic N) is 1. The van der Waals surface area contributed by atoms with Gasteiger partial charge in [0.1, 0.15) is 0 Å². The molecule has 0 N–H and O–H groups in total. The van der Waals surface area contributed by atoms with Gasteiger partial charge in [0.05, 0.1) is 18.0 Å². The van der Waals surface area contributed by atoms with E-state index in [0.717, 1.165) is 21.7 Å². The summed E-state index contributed by atoms with van der Waals surface area (Å²) in [6.07, 6.45) is 5.31. The van der Waals surface area contributed by atoms with Crippen molar-refractivity contribution in [1.82, 2.24) is 4.98 Å². The average molecular weight is 169 g/mol. The number of hydrogen-bond donors (Lipinski definition) is 0. The molecule has 0 aliphatic heterocycles. The van der Waals surface area contributed by atoms with Crippen LogP contribution in [0.4, 0.5) is 0 Å². The van der Waals surface area contributed by atoms with Crippen LogP contribution >= 0.6 is 0 Å². The van der Waals surface area contributed by atoms with E-state index in [1.165, 1.54) is 0 Å². The van der Waals surface area contributed by atoms with Crippen LogP contribution in [-0.4, -0.2) is 4.98 Å². The molecule has 2 heteroatoms. The van der Waals surface area contributed by atoms with E-state index in [-0.39, 0.29) is 0 Å². The Morgan fingerprint density at radius 3 is 2.92 bits per heavy atom. The molecule has 0 saturated heterocycles. The number of para-hydroxylation sites is 1. The second-order valence-electron chi connectivity index (χ2n) is 3.02. The van der Waals surface area contributed by atoms with Gasteiger partial charge in [0, 0.05) is 22.4 Å². The highest BCUT2D eigenvalue weighted by molar-refractivity contribution is 6.04. The van der Waals surface area contributed by atoms with Gasteiger partial charge in [-0.3, -0.25) is 4.98 Å². The summed E-state index contributed by atoms with van der Waals surface area (Å²) in [6.45, 7) is 0. The van der Waals surface area contributed by atoms with E-state index in [1.807, 2.05) is 24.4 Å². The van der Waals surface area contributed by atoms with Gasteiger partial charge in [0.2, 0.25) is 0 Å². The predicted molar refractivity (Wildman–Crippen MR) is 51.5 cm³/mol. The molecule has 0 atom stereocenters. The molecular formula is C11H7NO. The van der Waals surface area contributed by atoms with Crippen LogP contribution in [0, 0.1) is 0 Å². The highest BCUT2D eigenvalue weighted by Gasteiger charge is 2.01. The van der Waals surface area contributed by atoms with Crippen LogP contribution in [0.2, 0.25) is 0 Å². The van der Waals surface area contributed by atoms with Gasteiger partial charge in [-0.2, -0.15) is 0 Å². The molecule has 0 amide bonds. The molecule has 2 nitrogen and oxygen atoms in total. The minimum atomic E-state index is 1.01. The molecule has 1 aromatic carbocycles. The molecule has 62 valence electrons. The largest absolute Gasteiger partial charge is 0.471 e. The Kier molecular flexibility index (Phi) is 1.19. The minimum Gasteiger partial charge on any atom is -0.471 e. The van der Waals surface area contributed by atoms with Crippen LogP contribution in [0.5, 0.6) is 0 Å². The van der Waals surface area contributed by atoms with Crippen molar-refractivity contribution >= 4 is 21.7 Å². The molecule has 2 aromatic heterocycles. The molecule has 0 bridgehead atoms. The molecule has 0 aliphatic carbocycles. The summed E-state index contributed by atoms with van der Waals surface area (Å²) in [5.74, 6) is 0. The third kappa shape index (κ3) is 0.855. The van der Waals surface area contributed by atoms with Crippen molar-refractivity contribution in [2.75, 3.05) is 0 Å². The zero-order valence-electron chi connectivity index (χ0n) is 6.90. The van der Waals surface area contributed by atoms with Crippen LogP contribution < -0.4 is 0 Å². The number of rotatable bonds is 0. The van der Waals surface area contributed by atoms with Gasteiger partial charge < -0.3 is 4.42 Å². The predicted octanol–water partition coefficient (Wildman–Crippen LogP) is 2.98. The van der Waals surface area contributed by atoms with E-state index in [1.54, 1.807) is 12.5 Å². The highest BCUT2D eigenvalue weighted by atomic mass is 16.3. The van der Waals surface area contributed by atoms with Crippen molar-refractivity contribution in [2.45, 2.75) is 0 Å². The van der Waals surface area contributed by atoms with Crippen LogP contribution in [0.25, 0.3) is 21.7 Å². The van der Waals surface area contributed by atoms with Crippen LogP contribution in [0.15, 0.2) is 47.4 Å². The lowest BCUT2D eigenvalue weighted by Crippen LogP contribution is -1.76. The Morgan fingerprint density at radius 1 is 1.00 bits per heavy atom. The first kappa shape index (κ1) is 6.66. The minimum absolute atomic E-state index is 1.01. The monoisotopic (exact) mass is 169 g/mol. The molecule has 13 heavy (non-hydrogen) atoms. The Balaban J connectivity index is 2.65. The zero-order chi connectivity index (χ0) is 8.67. The summed E-state index contributed by atoms with van der Waals surface area (Å²) in [4.78, 5) is 4.32. The smallest absolute Gasteiger partial charge is 0.0997 e. The summed E-state index contributed by atoms with van der Waals surface area (Å²) in [5, 5.41) is 3.33. The van der Waals surface area contributed by atoms with Gasteiger partial charge in [0.15, 0.2) is 0 Å². The lowest BCUT2D eigenvalue weighted by Gasteiger charge is -1.95. The van der Waals surface area contributed by atoms with Crippen LogP contribution in [0.3, 0.4) is 0 Å². The molecule has 3 aromatic rings. The van der Waals surface area contributed by atoms with Gasteiger partial charge in [-0.25, -0.2) is 0 Å². The Morgan fingerprint density at radius 2 is 1.92 bits per heavy atom.